The zero-order valence-corrected chi connectivity index (χ0v) is 24.7. The molecule has 0 saturated carbocycles. The van der Waals surface area contributed by atoms with Crippen LogP contribution in [0.1, 0.15) is 27.8 Å². The fraction of sp³-hybridized carbons (Fsp3) is 0.194. The molecule has 0 saturated heterocycles. The lowest BCUT2D eigenvalue weighted by atomic mass is 10.1. The fourth-order valence-corrected chi connectivity index (χ4v) is 6.33. The Hall–Kier alpha value is -4.17. The molecule has 10 heteroatoms. The summed E-state index contributed by atoms with van der Waals surface area (Å²) in [6.07, 6.45) is 1.02. The van der Waals surface area contributed by atoms with E-state index in [0.29, 0.717) is 35.7 Å². The number of anilines is 2. The van der Waals surface area contributed by atoms with Crippen LogP contribution in [0.3, 0.4) is 0 Å². The Morgan fingerprint density at radius 1 is 0.854 bits per heavy atom. The van der Waals surface area contributed by atoms with Gasteiger partial charge in [-0.3, -0.25) is 8.86 Å². The number of nitrogens with zero attached hydrogens (tertiary/aromatic N) is 3. The molecule has 4 aromatic carbocycles. The molecule has 41 heavy (non-hydrogen) atoms. The van der Waals surface area contributed by atoms with E-state index >= 15 is 0 Å². The lowest BCUT2D eigenvalue weighted by molar-refractivity contribution is 0.482. The monoisotopic (exact) mass is 589 g/mol. The van der Waals surface area contributed by atoms with E-state index in [9.17, 15) is 22.4 Å². The van der Waals surface area contributed by atoms with Crippen LogP contribution in [0.15, 0.2) is 91.0 Å². The maximum absolute atomic E-state index is 12.2. The molecule has 0 radical (unpaired) electrons. The SMILES string of the molecule is Cc1cccc(Oc2ccc(CN(Cc3ccc(C#N)cc3)c3cccc(N(CS(C)(=O)=O)S(=O)O)c3C)cc2)c1. The van der Waals surface area contributed by atoms with Gasteiger partial charge in [-0.25, -0.2) is 12.6 Å². The van der Waals surface area contributed by atoms with Gasteiger partial charge in [0.2, 0.25) is 0 Å². The number of sulfone groups is 1. The summed E-state index contributed by atoms with van der Waals surface area (Å²) in [6, 6.07) is 30.3. The van der Waals surface area contributed by atoms with Gasteiger partial charge in [-0.05, 0) is 84.6 Å². The van der Waals surface area contributed by atoms with E-state index in [4.69, 9.17) is 4.74 Å². The molecular formula is C31H31N3O5S2. The van der Waals surface area contributed by atoms with Gasteiger partial charge in [-0.1, -0.05) is 42.5 Å². The molecule has 0 amide bonds. The Kier molecular flexibility index (Phi) is 9.45. The number of nitriles is 1. The molecule has 0 aliphatic heterocycles. The van der Waals surface area contributed by atoms with Gasteiger partial charge in [0.05, 0.1) is 17.3 Å². The molecule has 4 rings (SSSR count). The number of ether oxygens (including phenoxy) is 1. The molecule has 4 aromatic rings. The van der Waals surface area contributed by atoms with Gasteiger partial charge in [0.25, 0.3) is 11.3 Å². The van der Waals surface area contributed by atoms with Crippen molar-refractivity contribution >= 4 is 32.5 Å². The van der Waals surface area contributed by atoms with E-state index in [2.05, 4.69) is 11.0 Å². The predicted molar refractivity (Wildman–Crippen MR) is 163 cm³/mol. The largest absolute Gasteiger partial charge is 0.457 e. The summed E-state index contributed by atoms with van der Waals surface area (Å²) < 4.78 is 53.1. The molecule has 0 bridgehead atoms. The van der Waals surface area contributed by atoms with Crippen LogP contribution in [0.25, 0.3) is 0 Å². The van der Waals surface area contributed by atoms with Crippen LogP contribution in [0.4, 0.5) is 11.4 Å². The average molecular weight is 590 g/mol. The standard InChI is InChI=1S/C31H31N3O5S2/c1-23-6-4-7-29(18-23)39-28-16-14-27(15-17-28)21-33(20-26-12-10-25(19-32)11-13-26)30-8-5-9-31(24(30)2)34(40(35)36)22-41(3,37)38/h4-18H,20-22H2,1-3H3,(H,35,36). The van der Waals surface area contributed by atoms with E-state index in [0.717, 1.165) is 38.7 Å². The minimum Gasteiger partial charge on any atom is -0.457 e. The zero-order chi connectivity index (χ0) is 29.6. The topological polar surface area (TPSA) is 111 Å². The summed E-state index contributed by atoms with van der Waals surface area (Å²) in [5.41, 5.74) is 5.41. The van der Waals surface area contributed by atoms with Crippen molar-refractivity contribution in [2.45, 2.75) is 26.9 Å². The Morgan fingerprint density at radius 2 is 1.44 bits per heavy atom. The average Bonchev–Trinajstić information content (AvgIpc) is 2.92. The molecule has 212 valence electrons. The van der Waals surface area contributed by atoms with Crippen molar-refractivity contribution in [3.63, 3.8) is 0 Å². The van der Waals surface area contributed by atoms with Crippen molar-refractivity contribution in [3.8, 4) is 17.6 Å². The third-order valence-corrected chi connectivity index (χ3v) is 8.00. The molecule has 0 heterocycles. The van der Waals surface area contributed by atoms with Gasteiger partial charge in [0.15, 0.2) is 9.84 Å². The molecule has 0 fully saturated rings. The minimum atomic E-state index is -3.58. The number of aryl methyl sites for hydroxylation is 1. The molecule has 1 unspecified atom stereocenters. The highest BCUT2D eigenvalue weighted by Crippen LogP contribution is 2.33. The minimum absolute atomic E-state index is 0.348. The predicted octanol–water partition coefficient (Wildman–Crippen LogP) is 6.12. The molecule has 0 aliphatic rings. The number of benzene rings is 4. The Balaban J connectivity index is 1.67. The molecule has 1 N–H and O–H groups in total. The summed E-state index contributed by atoms with van der Waals surface area (Å²) in [4.78, 5) is 2.11. The Morgan fingerprint density at radius 3 is 2.00 bits per heavy atom. The molecule has 8 nitrogen and oxygen atoms in total. The van der Waals surface area contributed by atoms with Crippen molar-refractivity contribution in [1.29, 1.82) is 5.26 Å². The van der Waals surface area contributed by atoms with Gasteiger partial charge in [0.1, 0.15) is 17.4 Å². The fourth-order valence-electron chi connectivity index (χ4n) is 4.47. The first-order valence-corrected chi connectivity index (χ1v) is 15.9. The van der Waals surface area contributed by atoms with E-state index in [1.54, 1.807) is 31.2 Å². The first kappa shape index (κ1) is 29.8. The van der Waals surface area contributed by atoms with E-state index in [-0.39, 0.29) is 0 Å². The molecule has 0 spiro atoms. The summed E-state index contributed by atoms with van der Waals surface area (Å²) in [6.45, 7) is 4.78. The zero-order valence-electron chi connectivity index (χ0n) is 23.0. The summed E-state index contributed by atoms with van der Waals surface area (Å²) in [5, 5.41) is 9.19. The lowest BCUT2D eigenvalue weighted by Gasteiger charge is -2.30. The van der Waals surface area contributed by atoms with E-state index in [1.807, 2.05) is 73.7 Å². The first-order valence-electron chi connectivity index (χ1n) is 12.8. The highest BCUT2D eigenvalue weighted by atomic mass is 32.2. The molecule has 0 aliphatic carbocycles. The highest BCUT2D eigenvalue weighted by Gasteiger charge is 2.22. The second-order valence-corrected chi connectivity index (χ2v) is 12.8. The summed E-state index contributed by atoms with van der Waals surface area (Å²) in [5.74, 6) is 0.865. The first-order chi connectivity index (χ1) is 19.5. The third-order valence-electron chi connectivity index (χ3n) is 6.40. The lowest BCUT2D eigenvalue weighted by Crippen LogP contribution is -2.32. The van der Waals surface area contributed by atoms with Crippen molar-refractivity contribution in [1.82, 2.24) is 0 Å². The quantitative estimate of drug-likeness (QED) is 0.210. The summed E-state index contributed by atoms with van der Waals surface area (Å²) in [7, 11) is -3.58. The highest BCUT2D eigenvalue weighted by molar-refractivity contribution is 7.92. The smallest absolute Gasteiger partial charge is 0.262 e. The van der Waals surface area contributed by atoms with Crippen molar-refractivity contribution in [3.05, 3.63) is 119 Å². The van der Waals surface area contributed by atoms with Crippen LogP contribution in [0, 0.1) is 25.2 Å². The van der Waals surface area contributed by atoms with E-state index < -0.39 is 27.0 Å². The van der Waals surface area contributed by atoms with Crippen LogP contribution < -0.4 is 13.9 Å². The van der Waals surface area contributed by atoms with Crippen LogP contribution in [-0.4, -0.2) is 29.3 Å². The number of rotatable bonds is 11. The maximum atomic E-state index is 12.2. The second kappa shape index (κ2) is 13.0. The van der Waals surface area contributed by atoms with Crippen LogP contribution >= 0.6 is 0 Å². The molecule has 1 atom stereocenters. The number of hydrogen-bond acceptors (Lipinski definition) is 6. The summed E-state index contributed by atoms with van der Waals surface area (Å²) >= 11 is -2.54. The Bertz CT molecular complexity index is 1680. The molecular weight excluding hydrogens is 558 g/mol. The third kappa shape index (κ3) is 8.17. The Labute approximate surface area is 243 Å². The van der Waals surface area contributed by atoms with Crippen molar-refractivity contribution in [2.75, 3.05) is 21.3 Å². The van der Waals surface area contributed by atoms with Crippen LogP contribution in [-0.2, 0) is 34.2 Å². The molecule has 0 aromatic heterocycles. The van der Waals surface area contributed by atoms with Gasteiger partial charge in [-0.15, -0.1) is 0 Å². The number of hydrogen-bond donors (Lipinski definition) is 1. The maximum Gasteiger partial charge on any atom is 0.262 e. The van der Waals surface area contributed by atoms with Crippen LogP contribution in [0.5, 0.6) is 11.5 Å². The van der Waals surface area contributed by atoms with Gasteiger partial charge < -0.3 is 9.64 Å². The van der Waals surface area contributed by atoms with Gasteiger partial charge in [-0.2, -0.15) is 5.26 Å². The van der Waals surface area contributed by atoms with Crippen molar-refractivity contribution in [2.24, 2.45) is 0 Å². The van der Waals surface area contributed by atoms with Gasteiger partial charge >= 0.3 is 0 Å². The van der Waals surface area contributed by atoms with E-state index in [1.165, 1.54) is 0 Å². The van der Waals surface area contributed by atoms with Crippen LogP contribution in [0.2, 0.25) is 0 Å². The second-order valence-electron chi connectivity index (χ2n) is 9.81. The van der Waals surface area contributed by atoms with Gasteiger partial charge in [0, 0.05) is 25.0 Å². The van der Waals surface area contributed by atoms with Crippen molar-refractivity contribution < 1.29 is 21.9 Å². The normalized spacial score (nSPS) is 11.9.